The highest BCUT2D eigenvalue weighted by atomic mass is 16.5. The summed E-state index contributed by atoms with van der Waals surface area (Å²) in [5.74, 6) is 1.45. The van der Waals surface area contributed by atoms with Crippen molar-refractivity contribution >= 4 is 5.91 Å². The Morgan fingerprint density at radius 2 is 2.16 bits per heavy atom. The fourth-order valence-corrected chi connectivity index (χ4v) is 3.29. The number of aromatic nitrogens is 3. The molecular weight excluding hydrogens is 322 g/mol. The summed E-state index contributed by atoms with van der Waals surface area (Å²) in [6.07, 6.45) is 3.35. The maximum atomic E-state index is 12.5. The fraction of sp³-hybridized carbons (Fsp3) is 0.529. The van der Waals surface area contributed by atoms with Crippen molar-refractivity contribution in [2.75, 3.05) is 32.8 Å². The Bertz CT molecular complexity index is 706. The van der Waals surface area contributed by atoms with Crippen LogP contribution in [0.25, 0.3) is 11.5 Å². The number of likely N-dealkylation sites (tertiary alicyclic amines) is 1. The van der Waals surface area contributed by atoms with Crippen LogP contribution in [0.1, 0.15) is 24.7 Å². The number of hydrogen-bond donors (Lipinski definition) is 1. The number of nitrogens with one attached hydrogen (secondary N) is 1. The molecule has 2 saturated heterocycles. The molecule has 2 aliphatic rings. The Kier molecular flexibility index (Phi) is 4.71. The van der Waals surface area contributed by atoms with Gasteiger partial charge in [-0.2, -0.15) is 4.98 Å². The van der Waals surface area contributed by atoms with Gasteiger partial charge in [-0.3, -0.25) is 9.78 Å². The minimum Gasteiger partial charge on any atom is -0.378 e. The summed E-state index contributed by atoms with van der Waals surface area (Å²) in [4.78, 5) is 23.1. The molecule has 1 unspecified atom stereocenters. The Hall–Kier alpha value is -2.32. The van der Waals surface area contributed by atoms with E-state index in [1.807, 2.05) is 23.1 Å². The van der Waals surface area contributed by atoms with Crippen molar-refractivity contribution in [2.24, 2.45) is 0 Å². The summed E-state index contributed by atoms with van der Waals surface area (Å²) in [5.41, 5.74) is 0.702. The Balaban J connectivity index is 1.36. The average Bonchev–Trinajstić information content (AvgIpc) is 3.19. The maximum absolute atomic E-state index is 12.5. The lowest BCUT2D eigenvalue weighted by atomic mass is 9.96. The van der Waals surface area contributed by atoms with E-state index >= 15 is 0 Å². The molecule has 0 saturated carbocycles. The molecule has 2 aliphatic heterocycles. The van der Waals surface area contributed by atoms with Gasteiger partial charge in [0, 0.05) is 31.7 Å². The molecule has 1 atom stereocenters. The van der Waals surface area contributed by atoms with Crippen LogP contribution in [0.15, 0.2) is 28.9 Å². The van der Waals surface area contributed by atoms with E-state index in [1.165, 1.54) is 0 Å². The number of ether oxygens (including phenoxy) is 1. The number of hydrogen-bond acceptors (Lipinski definition) is 7. The number of rotatable bonds is 3. The molecule has 132 valence electrons. The lowest BCUT2D eigenvalue weighted by molar-refractivity contribution is -0.137. The Morgan fingerprint density at radius 3 is 2.88 bits per heavy atom. The van der Waals surface area contributed by atoms with E-state index in [0.717, 1.165) is 19.4 Å². The van der Waals surface area contributed by atoms with Gasteiger partial charge in [0.2, 0.25) is 17.6 Å². The van der Waals surface area contributed by atoms with Crippen LogP contribution < -0.4 is 5.32 Å². The first-order valence-electron chi connectivity index (χ1n) is 8.66. The largest absolute Gasteiger partial charge is 0.378 e. The molecule has 25 heavy (non-hydrogen) atoms. The number of amides is 1. The topological polar surface area (TPSA) is 93.4 Å². The second kappa shape index (κ2) is 7.28. The van der Waals surface area contributed by atoms with Crippen LogP contribution in [0, 0.1) is 0 Å². The minimum absolute atomic E-state index is 0.123. The molecule has 8 heteroatoms. The molecule has 2 fully saturated rings. The average molecular weight is 343 g/mol. The SMILES string of the molecule is O=C(C1COCCN1)N1CCC(c2nc(-c3ccccn3)no2)CC1. The standard InChI is InChI=1S/C17H21N5O3/c23-17(14-11-24-10-7-19-14)22-8-4-12(5-9-22)16-20-15(21-25-16)13-3-1-2-6-18-13/h1-3,6,12,14,19H,4-5,7-11H2. The van der Waals surface area contributed by atoms with E-state index in [1.54, 1.807) is 6.20 Å². The van der Waals surface area contributed by atoms with E-state index < -0.39 is 0 Å². The van der Waals surface area contributed by atoms with Gasteiger partial charge in [0.1, 0.15) is 11.7 Å². The summed E-state index contributed by atoms with van der Waals surface area (Å²) < 4.78 is 10.8. The molecule has 1 N–H and O–H groups in total. The smallest absolute Gasteiger partial charge is 0.242 e. The predicted octanol–water partition coefficient (Wildman–Crippen LogP) is 0.826. The first kappa shape index (κ1) is 16.2. The molecule has 1 amide bonds. The highest BCUT2D eigenvalue weighted by Crippen LogP contribution is 2.28. The normalized spacial score (nSPS) is 22.1. The van der Waals surface area contributed by atoms with Crippen molar-refractivity contribution in [1.82, 2.24) is 25.3 Å². The summed E-state index contributed by atoms with van der Waals surface area (Å²) >= 11 is 0. The Labute approximate surface area is 145 Å². The van der Waals surface area contributed by atoms with Gasteiger partial charge in [0.25, 0.3) is 0 Å². The van der Waals surface area contributed by atoms with Crippen LogP contribution in [-0.2, 0) is 9.53 Å². The number of piperidine rings is 1. The number of pyridine rings is 1. The van der Waals surface area contributed by atoms with E-state index in [4.69, 9.17) is 9.26 Å². The zero-order valence-electron chi connectivity index (χ0n) is 13.9. The van der Waals surface area contributed by atoms with E-state index in [9.17, 15) is 4.79 Å². The molecule has 2 aromatic heterocycles. The summed E-state index contributed by atoms with van der Waals surface area (Å²) in [7, 11) is 0. The molecule has 2 aromatic rings. The van der Waals surface area contributed by atoms with Crippen molar-refractivity contribution in [2.45, 2.75) is 24.8 Å². The first-order valence-corrected chi connectivity index (χ1v) is 8.66. The summed E-state index contributed by atoms with van der Waals surface area (Å²) in [5, 5.41) is 7.25. The Morgan fingerprint density at radius 1 is 1.28 bits per heavy atom. The van der Waals surface area contributed by atoms with Crippen LogP contribution >= 0.6 is 0 Å². The molecule has 0 bridgehead atoms. The van der Waals surface area contributed by atoms with Crippen molar-refractivity contribution in [3.63, 3.8) is 0 Å². The van der Waals surface area contributed by atoms with Crippen LogP contribution in [0.2, 0.25) is 0 Å². The molecular formula is C17H21N5O3. The van der Waals surface area contributed by atoms with Crippen molar-refractivity contribution in [3.8, 4) is 11.5 Å². The molecule has 8 nitrogen and oxygen atoms in total. The third-order valence-corrected chi connectivity index (χ3v) is 4.71. The van der Waals surface area contributed by atoms with E-state index in [2.05, 4.69) is 20.4 Å². The van der Waals surface area contributed by atoms with Crippen LogP contribution in [-0.4, -0.2) is 64.8 Å². The number of nitrogens with zero attached hydrogens (tertiary/aromatic N) is 4. The molecule has 0 aromatic carbocycles. The van der Waals surface area contributed by atoms with Gasteiger partial charge in [0.15, 0.2) is 0 Å². The quantitative estimate of drug-likeness (QED) is 0.882. The number of carbonyl (C=O) groups excluding carboxylic acids is 1. The van der Waals surface area contributed by atoms with Crippen molar-refractivity contribution < 1.29 is 14.1 Å². The molecule has 4 rings (SSSR count). The zero-order chi connectivity index (χ0) is 17.1. The second-order valence-electron chi connectivity index (χ2n) is 6.35. The lowest BCUT2D eigenvalue weighted by Crippen LogP contribution is -2.53. The fourth-order valence-electron chi connectivity index (χ4n) is 3.29. The van der Waals surface area contributed by atoms with E-state index in [0.29, 0.717) is 43.7 Å². The van der Waals surface area contributed by atoms with Crippen molar-refractivity contribution in [1.29, 1.82) is 0 Å². The van der Waals surface area contributed by atoms with Gasteiger partial charge in [0.05, 0.1) is 13.2 Å². The number of morpholine rings is 1. The maximum Gasteiger partial charge on any atom is 0.242 e. The highest BCUT2D eigenvalue weighted by Gasteiger charge is 2.31. The van der Waals surface area contributed by atoms with Gasteiger partial charge in [-0.15, -0.1) is 0 Å². The zero-order valence-corrected chi connectivity index (χ0v) is 13.9. The third-order valence-electron chi connectivity index (χ3n) is 4.71. The second-order valence-corrected chi connectivity index (χ2v) is 6.35. The number of carbonyl (C=O) groups is 1. The van der Waals surface area contributed by atoms with Gasteiger partial charge in [-0.25, -0.2) is 0 Å². The first-order chi connectivity index (χ1) is 12.3. The predicted molar refractivity (Wildman–Crippen MR) is 88.7 cm³/mol. The van der Waals surface area contributed by atoms with Crippen LogP contribution in [0.5, 0.6) is 0 Å². The molecule has 0 aliphatic carbocycles. The highest BCUT2D eigenvalue weighted by molar-refractivity contribution is 5.82. The van der Waals surface area contributed by atoms with Gasteiger partial charge in [-0.1, -0.05) is 11.2 Å². The lowest BCUT2D eigenvalue weighted by Gasteiger charge is -2.34. The molecule has 4 heterocycles. The monoisotopic (exact) mass is 343 g/mol. The van der Waals surface area contributed by atoms with Crippen molar-refractivity contribution in [3.05, 3.63) is 30.3 Å². The van der Waals surface area contributed by atoms with Crippen LogP contribution in [0.3, 0.4) is 0 Å². The van der Waals surface area contributed by atoms with Gasteiger partial charge < -0.3 is 19.5 Å². The summed E-state index contributed by atoms with van der Waals surface area (Å²) in [6, 6.07) is 5.38. The van der Waals surface area contributed by atoms with Gasteiger partial charge in [-0.05, 0) is 25.0 Å². The van der Waals surface area contributed by atoms with E-state index in [-0.39, 0.29) is 17.9 Å². The third kappa shape index (κ3) is 3.54. The molecule has 0 radical (unpaired) electrons. The minimum atomic E-state index is -0.218. The van der Waals surface area contributed by atoms with Gasteiger partial charge >= 0.3 is 0 Å². The van der Waals surface area contributed by atoms with Crippen LogP contribution in [0.4, 0.5) is 0 Å². The summed E-state index contributed by atoms with van der Waals surface area (Å²) in [6.45, 7) is 3.24. The molecule has 0 spiro atoms.